The molecule has 9 heteroatoms. The zero-order chi connectivity index (χ0) is 22.3. The first-order valence-electron chi connectivity index (χ1n) is 9.80. The molecule has 32 heavy (non-hydrogen) atoms. The number of aromatic nitrogens is 3. The van der Waals surface area contributed by atoms with Crippen LogP contribution in [0.1, 0.15) is 24.2 Å². The van der Waals surface area contributed by atoms with E-state index < -0.39 is 17.4 Å². The van der Waals surface area contributed by atoms with E-state index in [9.17, 15) is 18.0 Å². The fourth-order valence-electron chi connectivity index (χ4n) is 3.63. The third-order valence-corrected chi connectivity index (χ3v) is 5.11. The first-order chi connectivity index (χ1) is 15.4. The molecule has 5 rings (SSSR count). The van der Waals surface area contributed by atoms with Crippen molar-refractivity contribution >= 4 is 11.4 Å². The summed E-state index contributed by atoms with van der Waals surface area (Å²) in [6.45, 7) is 0. The highest BCUT2D eigenvalue weighted by atomic mass is 19.4. The second-order valence-corrected chi connectivity index (χ2v) is 7.23. The van der Waals surface area contributed by atoms with Crippen LogP contribution >= 0.6 is 0 Å². The Labute approximate surface area is 179 Å². The Morgan fingerprint density at radius 3 is 2.59 bits per heavy atom. The van der Waals surface area contributed by atoms with Crippen molar-refractivity contribution in [2.45, 2.75) is 19.0 Å². The highest BCUT2D eigenvalue weighted by Gasteiger charge is 2.38. The van der Waals surface area contributed by atoms with Crippen molar-refractivity contribution in [3.05, 3.63) is 100 Å². The molecule has 0 fully saturated rings. The highest BCUT2D eigenvalue weighted by molar-refractivity contribution is 5.81. The van der Waals surface area contributed by atoms with Gasteiger partial charge in [-0.2, -0.15) is 13.2 Å². The van der Waals surface area contributed by atoms with Crippen LogP contribution in [-0.2, 0) is 15.7 Å². The summed E-state index contributed by atoms with van der Waals surface area (Å²) in [5.74, 6) is 0.591. The molecule has 0 saturated carbocycles. The zero-order valence-corrected chi connectivity index (χ0v) is 16.5. The van der Waals surface area contributed by atoms with Gasteiger partial charge in [-0.1, -0.05) is 48.6 Å². The van der Waals surface area contributed by atoms with Crippen molar-refractivity contribution in [2.24, 2.45) is 0 Å². The molecule has 1 aliphatic carbocycles. The molecule has 0 bridgehead atoms. The number of nitrogens with one attached hydrogen (secondary N) is 1. The number of alkyl halides is 3. The molecule has 3 heterocycles. The van der Waals surface area contributed by atoms with Crippen LogP contribution in [0.2, 0.25) is 0 Å². The summed E-state index contributed by atoms with van der Waals surface area (Å²) in [6, 6.07) is 9.08. The first kappa shape index (κ1) is 19.9. The standard InChI is InChI=1S/C23H16F3N3O3/c24-23(25,26)21-20(15-9-5-2-6-10-15)22-27-16(11-19(30)29(22)28-21)18-13-31-12-17(32-18)14-7-3-1-4-8-14/h1-3,5-7,9-13,28H,4,8H2. The molecule has 1 aromatic carbocycles. The van der Waals surface area contributed by atoms with Crippen molar-refractivity contribution in [3.8, 4) is 11.1 Å². The average molecular weight is 439 g/mol. The van der Waals surface area contributed by atoms with Crippen molar-refractivity contribution < 1.29 is 22.6 Å². The topological polar surface area (TPSA) is 68.6 Å². The van der Waals surface area contributed by atoms with Gasteiger partial charge in [0, 0.05) is 6.07 Å². The molecule has 6 nitrogen and oxygen atoms in total. The van der Waals surface area contributed by atoms with Gasteiger partial charge in [0.15, 0.2) is 17.2 Å². The third kappa shape index (κ3) is 3.51. The molecule has 2 aromatic heterocycles. The molecule has 1 N–H and O–H groups in total. The van der Waals surface area contributed by atoms with Gasteiger partial charge in [0.25, 0.3) is 5.56 Å². The van der Waals surface area contributed by atoms with Gasteiger partial charge in [0.2, 0.25) is 0 Å². The molecule has 0 atom stereocenters. The molecular formula is C23H16F3N3O3. The number of halogens is 3. The molecule has 2 aliphatic rings. The predicted molar refractivity (Wildman–Crippen MR) is 111 cm³/mol. The van der Waals surface area contributed by atoms with Crippen LogP contribution in [-0.4, -0.2) is 14.6 Å². The summed E-state index contributed by atoms with van der Waals surface area (Å²) >= 11 is 0. The second kappa shape index (κ2) is 7.60. The Balaban J connectivity index is 1.64. The lowest BCUT2D eigenvalue weighted by atomic mass is 10.0. The van der Waals surface area contributed by atoms with Gasteiger partial charge in [-0.25, -0.2) is 9.50 Å². The number of allylic oxidation sites excluding steroid dienone is 4. The van der Waals surface area contributed by atoms with Crippen molar-refractivity contribution in [3.63, 3.8) is 0 Å². The molecular weight excluding hydrogens is 423 g/mol. The minimum atomic E-state index is -4.72. The molecule has 0 radical (unpaired) electrons. The molecule has 0 spiro atoms. The zero-order valence-electron chi connectivity index (χ0n) is 16.5. The summed E-state index contributed by atoms with van der Waals surface area (Å²) in [6.07, 6.45) is 5.40. The van der Waals surface area contributed by atoms with E-state index in [1.54, 1.807) is 18.2 Å². The fraction of sp³-hybridized carbons (Fsp3) is 0.130. The summed E-state index contributed by atoms with van der Waals surface area (Å²) in [5, 5.41) is 2.16. The summed E-state index contributed by atoms with van der Waals surface area (Å²) in [7, 11) is 0. The number of rotatable bonds is 3. The SMILES string of the molecule is O=c1cc(C2=COC=C(C3=CC=CCC3)O2)nc2c(-c3ccccc3)c(C(F)(F)F)[nH]n12. The summed E-state index contributed by atoms with van der Waals surface area (Å²) in [4.78, 5) is 17.1. The molecule has 3 aromatic rings. The smallest absolute Gasteiger partial charge is 0.433 e. The number of nitrogens with zero attached hydrogens (tertiary/aromatic N) is 2. The van der Waals surface area contributed by atoms with Crippen LogP contribution in [0.5, 0.6) is 0 Å². The highest BCUT2D eigenvalue weighted by Crippen LogP contribution is 2.38. The van der Waals surface area contributed by atoms with Crippen LogP contribution in [0.4, 0.5) is 13.2 Å². The Morgan fingerprint density at radius 2 is 1.88 bits per heavy atom. The quantitative estimate of drug-likeness (QED) is 0.611. The lowest BCUT2D eigenvalue weighted by molar-refractivity contribution is -0.140. The van der Waals surface area contributed by atoms with Gasteiger partial charge in [-0.15, -0.1) is 0 Å². The number of hydrogen-bond acceptors (Lipinski definition) is 4. The Morgan fingerprint density at radius 1 is 1.09 bits per heavy atom. The van der Waals surface area contributed by atoms with Crippen LogP contribution in [0.25, 0.3) is 22.5 Å². The third-order valence-electron chi connectivity index (χ3n) is 5.11. The lowest BCUT2D eigenvalue weighted by Crippen LogP contribution is -2.17. The maximum absolute atomic E-state index is 13.8. The van der Waals surface area contributed by atoms with Gasteiger partial charge in [0.1, 0.15) is 23.9 Å². The summed E-state index contributed by atoms with van der Waals surface area (Å²) in [5.41, 5.74) is -0.897. The van der Waals surface area contributed by atoms with Gasteiger partial charge in [-0.3, -0.25) is 9.89 Å². The number of fused-ring (bicyclic) bond motifs is 1. The Hall–Kier alpha value is -4.01. The van der Waals surface area contributed by atoms with E-state index in [4.69, 9.17) is 9.47 Å². The van der Waals surface area contributed by atoms with Crippen LogP contribution in [0.15, 0.2) is 83.3 Å². The van der Waals surface area contributed by atoms with Gasteiger partial charge in [0.05, 0.1) is 5.56 Å². The van der Waals surface area contributed by atoms with Crippen LogP contribution in [0, 0.1) is 0 Å². The number of hydrogen-bond donors (Lipinski definition) is 1. The maximum Gasteiger partial charge on any atom is 0.433 e. The average Bonchev–Trinajstić information content (AvgIpc) is 3.21. The van der Waals surface area contributed by atoms with Gasteiger partial charge >= 0.3 is 6.18 Å². The van der Waals surface area contributed by atoms with Crippen molar-refractivity contribution in [1.29, 1.82) is 0 Å². The monoisotopic (exact) mass is 439 g/mol. The molecule has 0 saturated heterocycles. The largest absolute Gasteiger partial charge is 0.465 e. The molecule has 0 unspecified atom stereocenters. The predicted octanol–water partition coefficient (Wildman–Crippen LogP) is 5.17. The first-order valence-corrected chi connectivity index (χ1v) is 9.80. The van der Waals surface area contributed by atoms with Gasteiger partial charge in [-0.05, 0) is 24.0 Å². The Kier molecular flexibility index (Phi) is 4.73. The number of benzene rings is 1. The minimum absolute atomic E-state index is 0.0671. The molecule has 1 aliphatic heterocycles. The van der Waals surface area contributed by atoms with Crippen LogP contribution in [0.3, 0.4) is 0 Å². The van der Waals surface area contributed by atoms with E-state index in [1.165, 1.54) is 24.7 Å². The Bertz CT molecular complexity index is 1380. The van der Waals surface area contributed by atoms with Crippen molar-refractivity contribution in [2.75, 3.05) is 0 Å². The normalized spacial score (nSPS) is 16.2. The molecule has 162 valence electrons. The van der Waals surface area contributed by atoms with E-state index in [0.29, 0.717) is 5.76 Å². The second-order valence-electron chi connectivity index (χ2n) is 7.23. The fourth-order valence-corrected chi connectivity index (χ4v) is 3.63. The van der Waals surface area contributed by atoms with Crippen LogP contribution < -0.4 is 5.56 Å². The lowest BCUT2D eigenvalue weighted by Gasteiger charge is -2.19. The summed E-state index contributed by atoms with van der Waals surface area (Å²) < 4.78 is 53.3. The van der Waals surface area contributed by atoms with E-state index in [0.717, 1.165) is 29.0 Å². The van der Waals surface area contributed by atoms with E-state index in [2.05, 4.69) is 10.1 Å². The van der Waals surface area contributed by atoms with Gasteiger partial charge < -0.3 is 9.47 Å². The maximum atomic E-state index is 13.8. The van der Waals surface area contributed by atoms with E-state index >= 15 is 0 Å². The number of ether oxygens (including phenoxy) is 2. The molecule has 0 amide bonds. The van der Waals surface area contributed by atoms with E-state index in [-0.39, 0.29) is 28.2 Å². The van der Waals surface area contributed by atoms with Crippen molar-refractivity contribution in [1.82, 2.24) is 14.6 Å². The minimum Gasteiger partial charge on any atom is -0.465 e. The number of aromatic amines is 1. The number of H-pyrrole nitrogens is 1. The van der Waals surface area contributed by atoms with E-state index in [1.807, 2.05) is 18.2 Å².